The van der Waals surface area contributed by atoms with Crippen LogP contribution in [0.2, 0.25) is 10.0 Å². The number of hydrogen-bond donors (Lipinski definition) is 2. The van der Waals surface area contributed by atoms with Crippen molar-refractivity contribution in [2.75, 3.05) is 11.9 Å². The van der Waals surface area contributed by atoms with Gasteiger partial charge in [-0.1, -0.05) is 23.2 Å². The van der Waals surface area contributed by atoms with E-state index in [9.17, 15) is 9.59 Å². The molecule has 0 saturated heterocycles. The first kappa shape index (κ1) is 17.6. The summed E-state index contributed by atoms with van der Waals surface area (Å²) < 4.78 is 0. The zero-order valence-electron chi connectivity index (χ0n) is 12.1. The molecule has 0 aliphatic carbocycles. The van der Waals surface area contributed by atoms with Crippen LogP contribution in [0, 0.1) is 0 Å². The van der Waals surface area contributed by atoms with E-state index in [0.717, 1.165) is 0 Å². The van der Waals surface area contributed by atoms with Crippen molar-refractivity contribution < 1.29 is 14.7 Å². The number of rotatable bonds is 4. The largest absolute Gasteiger partial charge is 0.481 e. The van der Waals surface area contributed by atoms with Crippen molar-refractivity contribution in [3.8, 4) is 0 Å². The summed E-state index contributed by atoms with van der Waals surface area (Å²) >= 11 is 11.8. The van der Waals surface area contributed by atoms with Crippen LogP contribution in [-0.4, -0.2) is 34.1 Å². The highest BCUT2D eigenvalue weighted by Crippen LogP contribution is 2.23. The summed E-state index contributed by atoms with van der Waals surface area (Å²) in [6, 6.07) is 4.30. The minimum absolute atomic E-state index is 0.110. The smallest absolute Gasteiger partial charge is 0.322 e. The molecule has 2 N–H and O–H groups in total. The van der Waals surface area contributed by atoms with E-state index >= 15 is 0 Å². The van der Waals surface area contributed by atoms with Gasteiger partial charge in [0.15, 0.2) is 0 Å². The van der Waals surface area contributed by atoms with Crippen LogP contribution in [0.1, 0.15) is 27.2 Å². The van der Waals surface area contributed by atoms with Gasteiger partial charge in [-0.3, -0.25) is 4.79 Å². The molecular formula is C14H18Cl2N2O3. The van der Waals surface area contributed by atoms with Gasteiger partial charge in [-0.25, -0.2) is 4.79 Å². The number of urea groups is 1. The van der Waals surface area contributed by atoms with Crippen LogP contribution in [-0.2, 0) is 4.79 Å². The van der Waals surface area contributed by atoms with Crippen LogP contribution in [0.15, 0.2) is 18.2 Å². The molecule has 0 atom stereocenters. The summed E-state index contributed by atoms with van der Waals surface area (Å²) in [5, 5.41) is 12.3. The number of aliphatic carboxylic acids is 1. The second kappa shape index (κ2) is 7.00. The lowest BCUT2D eigenvalue weighted by molar-refractivity contribution is -0.137. The lowest BCUT2D eigenvalue weighted by Gasteiger charge is -2.35. The number of amides is 2. The SMILES string of the molecule is CC(C)(C)N(CCC(=O)O)C(=O)Nc1cc(Cl)cc(Cl)c1. The number of halogens is 2. The van der Waals surface area contributed by atoms with Gasteiger partial charge >= 0.3 is 12.0 Å². The van der Waals surface area contributed by atoms with Crippen molar-refractivity contribution in [3.63, 3.8) is 0 Å². The Hall–Kier alpha value is -1.46. The lowest BCUT2D eigenvalue weighted by Crippen LogP contribution is -2.48. The number of nitrogens with one attached hydrogen (secondary N) is 1. The number of carbonyl (C=O) groups is 2. The highest BCUT2D eigenvalue weighted by atomic mass is 35.5. The maximum absolute atomic E-state index is 12.3. The van der Waals surface area contributed by atoms with Crippen molar-refractivity contribution in [1.29, 1.82) is 0 Å². The Kier molecular flexibility index (Phi) is 5.87. The number of hydrogen-bond acceptors (Lipinski definition) is 2. The topological polar surface area (TPSA) is 69.6 Å². The summed E-state index contributed by atoms with van der Waals surface area (Å²) in [6.07, 6.45) is -0.124. The van der Waals surface area contributed by atoms with Crippen molar-refractivity contribution in [2.24, 2.45) is 0 Å². The number of anilines is 1. The highest BCUT2D eigenvalue weighted by molar-refractivity contribution is 6.35. The van der Waals surface area contributed by atoms with Crippen LogP contribution in [0.5, 0.6) is 0 Å². The van der Waals surface area contributed by atoms with E-state index in [4.69, 9.17) is 28.3 Å². The third-order valence-electron chi connectivity index (χ3n) is 2.72. The predicted molar refractivity (Wildman–Crippen MR) is 84.2 cm³/mol. The summed E-state index contributed by atoms with van der Waals surface area (Å²) in [4.78, 5) is 24.5. The van der Waals surface area contributed by atoms with E-state index in [1.54, 1.807) is 18.2 Å². The minimum Gasteiger partial charge on any atom is -0.481 e. The van der Waals surface area contributed by atoms with Gasteiger partial charge in [-0.05, 0) is 39.0 Å². The maximum atomic E-state index is 12.3. The fourth-order valence-electron chi connectivity index (χ4n) is 1.77. The Balaban J connectivity index is 2.87. The first-order valence-corrected chi connectivity index (χ1v) is 7.11. The first-order valence-electron chi connectivity index (χ1n) is 6.36. The van der Waals surface area contributed by atoms with Crippen LogP contribution in [0.4, 0.5) is 10.5 Å². The molecule has 7 heteroatoms. The molecule has 0 aromatic heterocycles. The molecule has 0 bridgehead atoms. The van der Waals surface area contributed by atoms with Crippen LogP contribution in [0.3, 0.4) is 0 Å². The average Bonchev–Trinajstić information content (AvgIpc) is 2.24. The standard InChI is InChI=1S/C14H18Cl2N2O3/c1-14(2,3)18(5-4-12(19)20)13(21)17-11-7-9(15)6-10(16)8-11/h6-8H,4-5H2,1-3H3,(H,17,21)(H,19,20). The molecule has 0 radical (unpaired) electrons. The predicted octanol–water partition coefficient (Wildman–Crippen LogP) is 4.10. The summed E-state index contributed by atoms with van der Waals surface area (Å²) in [7, 11) is 0. The molecule has 1 aromatic rings. The quantitative estimate of drug-likeness (QED) is 0.871. The normalized spacial score (nSPS) is 11.1. The molecule has 21 heavy (non-hydrogen) atoms. The van der Waals surface area contributed by atoms with Crippen LogP contribution in [0.25, 0.3) is 0 Å². The van der Waals surface area contributed by atoms with E-state index < -0.39 is 17.5 Å². The van der Waals surface area contributed by atoms with Gasteiger partial charge in [0.05, 0.1) is 6.42 Å². The molecule has 116 valence electrons. The zero-order chi connectivity index (χ0) is 16.2. The Labute approximate surface area is 133 Å². The number of carboxylic acids is 1. The van der Waals surface area contributed by atoms with Gasteiger partial charge in [0, 0.05) is 27.8 Å². The molecule has 1 aromatic carbocycles. The monoisotopic (exact) mass is 332 g/mol. The molecule has 5 nitrogen and oxygen atoms in total. The molecule has 1 rings (SSSR count). The van der Waals surface area contributed by atoms with Gasteiger partial charge in [0.25, 0.3) is 0 Å². The second-order valence-corrected chi connectivity index (χ2v) is 6.43. The maximum Gasteiger partial charge on any atom is 0.322 e. The third kappa shape index (κ3) is 5.81. The van der Waals surface area contributed by atoms with E-state index in [2.05, 4.69) is 5.32 Å². The highest BCUT2D eigenvalue weighted by Gasteiger charge is 2.27. The molecule has 0 heterocycles. The average molecular weight is 333 g/mol. The van der Waals surface area contributed by atoms with Crippen LogP contribution < -0.4 is 5.32 Å². The van der Waals surface area contributed by atoms with Crippen molar-refractivity contribution >= 4 is 40.9 Å². The summed E-state index contributed by atoms with van der Waals surface area (Å²) in [5.41, 5.74) is -0.0517. The molecule has 2 amide bonds. The molecule has 0 spiro atoms. The van der Waals surface area contributed by atoms with E-state index in [1.165, 1.54) is 4.90 Å². The van der Waals surface area contributed by atoms with Gasteiger partial charge in [0.2, 0.25) is 0 Å². The number of benzene rings is 1. The van der Waals surface area contributed by atoms with E-state index in [0.29, 0.717) is 15.7 Å². The summed E-state index contributed by atoms with van der Waals surface area (Å²) in [6.45, 7) is 5.61. The van der Waals surface area contributed by atoms with E-state index in [1.807, 2.05) is 20.8 Å². The third-order valence-corrected chi connectivity index (χ3v) is 3.15. The van der Waals surface area contributed by atoms with Gasteiger partial charge < -0.3 is 15.3 Å². The fourth-order valence-corrected chi connectivity index (χ4v) is 2.29. The Morgan fingerprint density at radius 1 is 1.19 bits per heavy atom. The molecule has 0 unspecified atom stereocenters. The lowest BCUT2D eigenvalue weighted by atomic mass is 10.1. The number of carbonyl (C=O) groups excluding carboxylic acids is 1. The Morgan fingerprint density at radius 3 is 2.14 bits per heavy atom. The van der Waals surface area contributed by atoms with E-state index in [-0.39, 0.29) is 13.0 Å². The molecule has 0 fully saturated rings. The van der Waals surface area contributed by atoms with Crippen molar-refractivity contribution in [3.05, 3.63) is 28.2 Å². The molecule has 0 aliphatic rings. The number of nitrogens with zero attached hydrogens (tertiary/aromatic N) is 1. The Morgan fingerprint density at radius 2 is 1.71 bits per heavy atom. The van der Waals surface area contributed by atoms with Crippen molar-refractivity contribution in [2.45, 2.75) is 32.7 Å². The number of carboxylic acid groups (broad SMARTS) is 1. The van der Waals surface area contributed by atoms with Crippen LogP contribution >= 0.6 is 23.2 Å². The second-order valence-electron chi connectivity index (χ2n) is 5.55. The molecule has 0 aliphatic heterocycles. The van der Waals surface area contributed by atoms with Gasteiger partial charge in [-0.15, -0.1) is 0 Å². The first-order chi connectivity index (χ1) is 9.59. The van der Waals surface area contributed by atoms with Crippen molar-refractivity contribution in [1.82, 2.24) is 4.90 Å². The fraction of sp³-hybridized carbons (Fsp3) is 0.429. The minimum atomic E-state index is -0.956. The zero-order valence-corrected chi connectivity index (χ0v) is 13.6. The molecule has 0 saturated carbocycles. The summed E-state index contributed by atoms with van der Waals surface area (Å²) in [5.74, 6) is -0.956. The van der Waals surface area contributed by atoms with Gasteiger partial charge in [-0.2, -0.15) is 0 Å². The Bertz CT molecular complexity index is 521. The van der Waals surface area contributed by atoms with Gasteiger partial charge in [0.1, 0.15) is 0 Å². The molecular weight excluding hydrogens is 315 g/mol.